The van der Waals surface area contributed by atoms with Crippen molar-refractivity contribution < 1.29 is 9.59 Å². The standard InChI is InChI=1S/C18H27N3O2/c1-3-5-17(22)19-15-6-4-7-16(12-15)20-18(23)13-21-10-8-14(2)9-11-21/h4,6-7,12,14H,3,5,8-11,13H2,1-2H3,(H,19,22)(H,20,23). The van der Waals surface area contributed by atoms with Gasteiger partial charge < -0.3 is 10.6 Å². The molecule has 2 N–H and O–H groups in total. The Morgan fingerprint density at radius 1 is 1.13 bits per heavy atom. The lowest BCUT2D eigenvalue weighted by Gasteiger charge is -2.29. The molecule has 1 aromatic carbocycles. The van der Waals surface area contributed by atoms with Crippen LogP contribution in [-0.2, 0) is 9.59 Å². The van der Waals surface area contributed by atoms with Gasteiger partial charge in [-0.3, -0.25) is 14.5 Å². The van der Waals surface area contributed by atoms with E-state index in [4.69, 9.17) is 0 Å². The Morgan fingerprint density at radius 2 is 1.74 bits per heavy atom. The van der Waals surface area contributed by atoms with Crippen molar-refractivity contribution >= 4 is 23.2 Å². The van der Waals surface area contributed by atoms with Crippen molar-refractivity contribution in [3.8, 4) is 0 Å². The molecule has 1 aliphatic heterocycles. The molecular weight excluding hydrogens is 290 g/mol. The van der Waals surface area contributed by atoms with E-state index in [1.807, 2.05) is 25.1 Å². The molecule has 1 saturated heterocycles. The Kier molecular flexibility index (Phi) is 6.59. The first-order valence-electron chi connectivity index (χ1n) is 8.49. The zero-order chi connectivity index (χ0) is 16.7. The quantitative estimate of drug-likeness (QED) is 0.847. The minimum Gasteiger partial charge on any atom is -0.326 e. The third-order valence-electron chi connectivity index (χ3n) is 4.15. The maximum atomic E-state index is 12.2. The van der Waals surface area contributed by atoms with E-state index in [0.717, 1.165) is 44.0 Å². The van der Waals surface area contributed by atoms with Crippen molar-refractivity contribution in [1.82, 2.24) is 4.90 Å². The van der Waals surface area contributed by atoms with E-state index in [1.165, 1.54) is 0 Å². The molecule has 0 aliphatic carbocycles. The second kappa shape index (κ2) is 8.67. The van der Waals surface area contributed by atoms with Crippen LogP contribution >= 0.6 is 0 Å². The number of carbonyl (C=O) groups excluding carboxylic acids is 2. The van der Waals surface area contributed by atoms with Gasteiger partial charge in [0.25, 0.3) is 0 Å². The third kappa shape index (κ3) is 6.02. The highest BCUT2D eigenvalue weighted by molar-refractivity contribution is 5.94. The molecule has 2 amide bonds. The molecule has 5 heteroatoms. The summed E-state index contributed by atoms with van der Waals surface area (Å²) in [4.78, 5) is 26.0. The minimum absolute atomic E-state index is 0.00147. The average Bonchev–Trinajstić information content (AvgIpc) is 2.50. The van der Waals surface area contributed by atoms with Crippen molar-refractivity contribution in [3.63, 3.8) is 0 Å². The van der Waals surface area contributed by atoms with Gasteiger partial charge in [-0.05, 0) is 56.5 Å². The van der Waals surface area contributed by atoms with Gasteiger partial charge in [-0.15, -0.1) is 0 Å². The molecule has 1 aromatic rings. The topological polar surface area (TPSA) is 61.4 Å². The molecule has 0 bridgehead atoms. The summed E-state index contributed by atoms with van der Waals surface area (Å²) < 4.78 is 0. The molecule has 0 atom stereocenters. The molecular formula is C18H27N3O2. The van der Waals surface area contributed by atoms with Crippen LogP contribution in [0, 0.1) is 5.92 Å². The van der Waals surface area contributed by atoms with Gasteiger partial charge in [-0.2, -0.15) is 0 Å². The second-order valence-corrected chi connectivity index (χ2v) is 6.39. The summed E-state index contributed by atoms with van der Waals surface area (Å²) in [6.07, 6.45) is 3.64. The Morgan fingerprint density at radius 3 is 2.35 bits per heavy atom. The summed E-state index contributed by atoms with van der Waals surface area (Å²) in [6, 6.07) is 7.30. The first-order chi connectivity index (χ1) is 11.1. The van der Waals surface area contributed by atoms with Crippen LogP contribution in [0.3, 0.4) is 0 Å². The number of carbonyl (C=O) groups is 2. The van der Waals surface area contributed by atoms with Crippen molar-refractivity contribution in [2.75, 3.05) is 30.3 Å². The predicted molar refractivity (Wildman–Crippen MR) is 93.4 cm³/mol. The minimum atomic E-state index is -0.00316. The summed E-state index contributed by atoms with van der Waals surface area (Å²) in [7, 11) is 0. The fraction of sp³-hybridized carbons (Fsp3) is 0.556. The number of anilines is 2. The zero-order valence-electron chi connectivity index (χ0n) is 14.1. The van der Waals surface area contributed by atoms with Crippen LogP contribution in [0.4, 0.5) is 11.4 Å². The van der Waals surface area contributed by atoms with Gasteiger partial charge in [0.2, 0.25) is 11.8 Å². The van der Waals surface area contributed by atoms with E-state index in [9.17, 15) is 9.59 Å². The van der Waals surface area contributed by atoms with E-state index < -0.39 is 0 Å². The van der Waals surface area contributed by atoms with Gasteiger partial charge in [-0.1, -0.05) is 19.9 Å². The third-order valence-corrected chi connectivity index (χ3v) is 4.15. The number of amides is 2. The molecule has 0 spiro atoms. The van der Waals surface area contributed by atoms with Crippen LogP contribution in [0.5, 0.6) is 0 Å². The molecule has 5 nitrogen and oxygen atoms in total. The number of benzene rings is 1. The average molecular weight is 317 g/mol. The van der Waals surface area contributed by atoms with Gasteiger partial charge in [0.15, 0.2) is 0 Å². The van der Waals surface area contributed by atoms with E-state index in [-0.39, 0.29) is 11.8 Å². The maximum absolute atomic E-state index is 12.2. The Balaban J connectivity index is 1.84. The predicted octanol–water partition coefficient (Wildman–Crippen LogP) is 3.10. The van der Waals surface area contributed by atoms with Gasteiger partial charge in [0.05, 0.1) is 6.54 Å². The molecule has 0 radical (unpaired) electrons. The van der Waals surface area contributed by atoms with Gasteiger partial charge >= 0.3 is 0 Å². The highest BCUT2D eigenvalue weighted by Gasteiger charge is 2.17. The number of likely N-dealkylation sites (tertiary alicyclic amines) is 1. The second-order valence-electron chi connectivity index (χ2n) is 6.39. The lowest BCUT2D eigenvalue weighted by atomic mass is 9.99. The highest BCUT2D eigenvalue weighted by atomic mass is 16.2. The lowest BCUT2D eigenvalue weighted by Crippen LogP contribution is -2.38. The van der Waals surface area contributed by atoms with E-state index in [1.54, 1.807) is 6.07 Å². The van der Waals surface area contributed by atoms with Crippen LogP contribution in [0.15, 0.2) is 24.3 Å². The molecule has 0 aromatic heterocycles. The van der Waals surface area contributed by atoms with Gasteiger partial charge in [0.1, 0.15) is 0 Å². The number of hydrogen-bond acceptors (Lipinski definition) is 3. The fourth-order valence-electron chi connectivity index (χ4n) is 2.75. The lowest BCUT2D eigenvalue weighted by molar-refractivity contribution is -0.118. The van der Waals surface area contributed by atoms with Crippen molar-refractivity contribution in [2.24, 2.45) is 5.92 Å². The number of hydrogen-bond donors (Lipinski definition) is 2. The van der Waals surface area contributed by atoms with Crippen LogP contribution in [0.2, 0.25) is 0 Å². The number of rotatable bonds is 6. The first kappa shape index (κ1) is 17.5. The summed E-state index contributed by atoms with van der Waals surface area (Å²) in [6.45, 7) is 6.63. The molecule has 1 heterocycles. The van der Waals surface area contributed by atoms with Gasteiger partial charge in [-0.25, -0.2) is 0 Å². The highest BCUT2D eigenvalue weighted by Crippen LogP contribution is 2.17. The number of nitrogens with zero attached hydrogens (tertiary/aromatic N) is 1. The Bertz CT molecular complexity index is 537. The first-order valence-corrected chi connectivity index (χ1v) is 8.49. The summed E-state index contributed by atoms with van der Waals surface area (Å²) >= 11 is 0. The monoisotopic (exact) mass is 317 g/mol. The van der Waals surface area contributed by atoms with E-state index in [2.05, 4.69) is 22.5 Å². The molecule has 0 unspecified atom stereocenters. The smallest absolute Gasteiger partial charge is 0.238 e. The Labute approximate surface area is 138 Å². The normalized spacial score (nSPS) is 16.1. The molecule has 2 rings (SSSR count). The summed E-state index contributed by atoms with van der Waals surface area (Å²) in [5.41, 5.74) is 1.43. The number of piperidine rings is 1. The van der Waals surface area contributed by atoms with Gasteiger partial charge in [0, 0.05) is 17.8 Å². The Hall–Kier alpha value is -1.88. The zero-order valence-corrected chi connectivity index (χ0v) is 14.1. The maximum Gasteiger partial charge on any atom is 0.238 e. The number of nitrogens with one attached hydrogen (secondary N) is 2. The molecule has 1 aliphatic rings. The van der Waals surface area contributed by atoms with E-state index in [0.29, 0.717) is 18.7 Å². The molecule has 1 fully saturated rings. The van der Waals surface area contributed by atoms with Crippen LogP contribution in [-0.4, -0.2) is 36.3 Å². The van der Waals surface area contributed by atoms with Crippen molar-refractivity contribution in [1.29, 1.82) is 0 Å². The largest absolute Gasteiger partial charge is 0.326 e. The van der Waals surface area contributed by atoms with Crippen molar-refractivity contribution in [3.05, 3.63) is 24.3 Å². The van der Waals surface area contributed by atoms with Crippen LogP contribution in [0.1, 0.15) is 39.5 Å². The molecule has 126 valence electrons. The van der Waals surface area contributed by atoms with Crippen molar-refractivity contribution in [2.45, 2.75) is 39.5 Å². The molecule has 0 saturated carbocycles. The SMILES string of the molecule is CCCC(=O)Nc1cccc(NC(=O)CN2CCC(C)CC2)c1. The summed E-state index contributed by atoms with van der Waals surface area (Å²) in [5.74, 6) is 0.757. The van der Waals surface area contributed by atoms with Crippen LogP contribution < -0.4 is 10.6 Å². The molecule has 23 heavy (non-hydrogen) atoms. The fourth-order valence-corrected chi connectivity index (χ4v) is 2.75. The van der Waals surface area contributed by atoms with Crippen LogP contribution in [0.25, 0.3) is 0 Å². The summed E-state index contributed by atoms with van der Waals surface area (Å²) in [5, 5.41) is 5.76. The van der Waals surface area contributed by atoms with E-state index >= 15 is 0 Å².